The zero-order valence-corrected chi connectivity index (χ0v) is 11.7. The van der Waals surface area contributed by atoms with E-state index in [0.29, 0.717) is 13.0 Å². The molecule has 0 radical (unpaired) electrons. The minimum absolute atomic E-state index is 0.0121. The van der Waals surface area contributed by atoms with Crippen molar-refractivity contribution in [1.82, 2.24) is 5.32 Å². The molecule has 0 saturated heterocycles. The molecule has 0 aliphatic rings. The van der Waals surface area contributed by atoms with Crippen LogP contribution in [-0.4, -0.2) is 5.91 Å². The average Bonchev–Trinajstić information content (AvgIpc) is 2.83. The van der Waals surface area contributed by atoms with Gasteiger partial charge in [0.25, 0.3) is 0 Å². The van der Waals surface area contributed by atoms with Gasteiger partial charge < -0.3 is 11.1 Å². The van der Waals surface area contributed by atoms with E-state index in [-0.39, 0.29) is 11.9 Å². The van der Waals surface area contributed by atoms with E-state index < -0.39 is 0 Å². The minimum Gasteiger partial charge on any atom is -0.352 e. The second-order valence-corrected chi connectivity index (χ2v) is 5.32. The number of carbonyl (C=O) groups excluding carboxylic acids is 1. The molecule has 3 N–H and O–H groups in total. The van der Waals surface area contributed by atoms with Crippen molar-refractivity contribution in [1.29, 1.82) is 0 Å². The van der Waals surface area contributed by atoms with Crippen LogP contribution >= 0.6 is 11.3 Å². The van der Waals surface area contributed by atoms with Gasteiger partial charge in [-0.3, -0.25) is 4.79 Å². The van der Waals surface area contributed by atoms with Crippen molar-refractivity contribution in [3.63, 3.8) is 0 Å². The molecule has 100 valence electrons. The summed E-state index contributed by atoms with van der Waals surface area (Å²) < 4.78 is 0. The Kier molecular flexibility index (Phi) is 4.71. The molecule has 1 unspecified atom stereocenters. The second kappa shape index (κ2) is 6.50. The maximum atomic E-state index is 11.8. The molecule has 0 spiro atoms. The lowest BCUT2D eigenvalue weighted by molar-refractivity contribution is -0.121. The lowest BCUT2D eigenvalue weighted by atomic mass is 10.0. The number of rotatable bonds is 5. The summed E-state index contributed by atoms with van der Waals surface area (Å²) in [6.07, 6.45) is 0.313. The fourth-order valence-corrected chi connectivity index (χ4v) is 2.71. The smallest absolute Gasteiger partial charge is 0.222 e. The van der Waals surface area contributed by atoms with Crippen LogP contribution in [0, 0.1) is 6.92 Å². The van der Waals surface area contributed by atoms with Crippen LogP contribution in [0.4, 0.5) is 0 Å². The molecule has 4 heteroatoms. The number of amides is 1. The van der Waals surface area contributed by atoms with Gasteiger partial charge in [-0.2, -0.15) is 11.3 Å². The standard InChI is InChI=1S/C15H18N2OS/c1-11-9-19-10-13(11)8-17-15(18)7-14(16)12-5-3-2-4-6-12/h2-6,9-10,14H,7-8,16H2,1H3,(H,17,18). The Labute approximate surface area is 117 Å². The van der Waals surface area contributed by atoms with Crippen LogP contribution in [0.2, 0.25) is 0 Å². The average molecular weight is 274 g/mol. The first-order chi connectivity index (χ1) is 9.16. The van der Waals surface area contributed by atoms with Crippen molar-refractivity contribution in [2.75, 3.05) is 0 Å². The summed E-state index contributed by atoms with van der Waals surface area (Å²) in [7, 11) is 0. The van der Waals surface area contributed by atoms with Crippen LogP contribution < -0.4 is 11.1 Å². The Bertz CT molecular complexity index is 536. The van der Waals surface area contributed by atoms with Crippen LogP contribution in [0.15, 0.2) is 41.1 Å². The largest absolute Gasteiger partial charge is 0.352 e. The first kappa shape index (κ1) is 13.8. The summed E-state index contributed by atoms with van der Waals surface area (Å²) in [5.74, 6) is -0.0121. The number of nitrogens with two attached hydrogens (primary N) is 1. The summed E-state index contributed by atoms with van der Waals surface area (Å²) in [5, 5.41) is 7.06. The van der Waals surface area contributed by atoms with Gasteiger partial charge in [-0.1, -0.05) is 30.3 Å². The highest BCUT2D eigenvalue weighted by Gasteiger charge is 2.11. The molecule has 1 amide bonds. The highest BCUT2D eigenvalue weighted by molar-refractivity contribution is 7.08. The van der Waals surface area contributed by atoms with Crippen molar-refractivity contribution in [2.24, 2.45) is 5.73 Å². The van der Waals surface area contributed by atoms with Gasteiger partial charge in [0.2, 0.25) is 5.91 Å². The van der Waals surface area contributed by atoms with Gasteiger partial charge >= 0.3 is 0 Å². The van der Waals surface area contributed by atoms with Gasteiger partial charge in [0.1, 0.15) is 0 Å². The minimum atomic E-state index is -0.246. The normalized spacial score (nSPS) is 12.1. The summed E-state index contributed by atoms with van der Waals surface area (Å²) in [6.45, 7) is 2.63. The topological polar surface area (TPSA) is 55.1 Å². The molecule has 0 saturated carbocycles. The van der Waals surface area contributed by atoms with Crippen molar-refractivity contribution >= 4 is 17.2 Å². The molecule has 2 aromatic rings. The Balaban J connectivity index is 1.83. The predicted molar refractivity (Wildman–Crippen MR) is 78.9 cm³/mol. The molecule has 1 atom stereocenters. The summed E-state index contributed by atoms with van der Waals surface area (Å²) in [4.78, 5) is 11.8. The molecule has 1 aromatic carbocycles. The van der Waals surface area contributed by atoms with E-state index in [2.05, 4.69) is 16.1 Å². The van der Waals surface area contributed by atoms with E-state index in [4.69, 9.17) is 5.73 Å². The summed E-state index contributed by atoms with van der Waals surface area (Å²) >= 11 is 1.65. The first-order valence-corrected chi connectivity index (χ1v) is 7.20. The van der Waals surface area contributed by atoms with Crippen molar-refractivity contribution < 1.29 is 4.79 Å². The number of hydrogen-bond donors (Lipinski definition) is 2. The first-order valence-electron chi connectivity index (χ1n) is 6.25. The Morgan fingerprint density at radius 2 is 2.05 bits per heavy atom. The van der Waals surface area contributed by atoms with Crippen LogP contribution in [-0.2, 0) is 11.3 Å². The van der Waals surface area contributed by atoms with Crippen molar-refractivity contribution in [3.05, 3.63) is 57.8 Å². The number of carbonyl (C=O) groups is 1. The summed E-state index contributed by atoms with van der Waals surface area (Å²) in [6, 6.07) is 9.45. The molecule has 1 heterocycles. The SMILES string of the molecule is Cc1cscc1CNC(=O)CC(N)c1ccccc1. The maximum Gasteiger partial charge on any atom is 0.222 e. The summed E-state index contributed by atoms with van der Waals surface area (Å²) in [5.41, 5.74) is 9.40. The number of aryl methyl sites for hydroxylation is 1. The van der Waals surface area contributed by atoms with Gasteiger partial charge in [-0.25, -0.2) is 0 Å². The monoisotopic (exact) mass is 274 g/mol. The number of hydrogen-bond acceptors (Lipinski definition) is 3. The molecule has 0 bridgehead atoms. The number of benzene rings is 1. The van der Waals surface area contributed by atoms with Gasteiger partial charge in [0.05, 0.1) is 0 Å². The third-order valence-corrected chi connectivity index (χ3v) is 3.98. The fourth-order valence-electron chi connectivity index (χ4n) is 1.85. The third-order valence-electron chi connectivity index (χ3n) is 3.07. The van der Waals surface area contributed by atoms with Gasteiger partial charge in [0.15, 0.2) is 0 Å². The van der Waals surface area contributed by atoms with Gasteiger partial charge in [-0.05, 0) is 34.4 Å². The zero-order valence-electron chi connectivity index (χ0n) is 10.9. The molecular weight excluding hydrogens is 256 g/mol. The molecule has 1 aromatic heterocycles. The van der Waals surface area contributed by atoms with Crippen LogP contribution in [0.1, 0.15) is 29.2 Å². The highest BCUT2D eigenvalue weighted by atomic mass is 32.1. The molecule has 0 aliphatic heterocycles. The van der Waals surface area contributed by atoms with E-state index >= 15 is 0 Å². The molecule has 3 nitrogen and oxygen atoms in total. The van der Waals surface area contributed by atoms with Crippen molar-refractivity contribution in [3.8, 4) is 0 Å². The Morgan fingerprint density at radius 1 is 1.32 bits per heavy atom. The van der Waals surface area contributed by atoms with E-state index in [1.54, 1.807) is 11.3 Å². The fraction of sp³-hybridized carbons (Fsp3) is 0.267. The van der Waals surface area contributed by atoms with E-state index in [9.17, 15) is 4.79 Å². The lowest BCUT2D eigenvalue weighted by Crippen LogP contribution is -2.27. The quantitative estimate of drug-likeness (QED) is 0.881. The Morgan fingerprint density at radius 3 is 2.68 bits per heavy atom. The second-order valence-electron chi connectivity index (χ2n) is 4.58. The molecular formula is C15H18N2OS. The molecule has 0 fully saturated rings. The van der Waals surface area contributed by atoms with Gasteiger partial charge in [0, 0.05) is 19.0 Å². The van der Waals surface area contributed by atoms with E-state index in [1.165, 1.54) is 11.1 Å². The van der Waals surface area contributed by atoms with E-state index in [1.807, 2.05) is 37.3 Å². The predicted octanol–water partition coefficient (Wildman–Crippen LogP) is 2.76. The Hall–Kier alpha value is -1.65. The van der Waals surface area contributed by atoms with Crippen LogP contribution in [0.25, 0.3) is 0 Å². The number of nitrogens with one attached hydrogen (secondary N) is 1. The molecule has 0 aliphatic carbocycles. The lowest BCUT2D eigenvalue weighted by Gasteiger charge is -2.12. The molecule has 19 heavy (non-hydrogen) atoms. The van der Waals surface area contributed by atoms with Crippen LogP contribution in [0.3, 0.4) is 0 Å². The highest BCUT2D eigenvalue weighted by Crippen LogP contribution is 2.15. The van der Waals surface area contributed by atoms with E-state index in [0.717, 1.165) is 5.56 Å². The third kappa shape index (κ3) is 3.91. The molecule has 2 rings (SSSR count). The maximum absolute atomic E-state index is 11.8. The number of thiophene rings is 1. The zero-order chi connectivity index (χ0) is 13.7. The van der Waals surface area contributed by atoms with Gasteiger partial charge in [-0.15, -0.1) is 0 Å². The van der Waals surface area contributed by atoms with Crippen LogP contribution in [0.5, 0.6) is 0 Å². The van der Waals surface area contributed by atoms with Crippen molar-refractivity contribution in [2.45, 2.75) is 25.9 Å².